The van der Waals surface area contributed by atoms with Gasteiger partial charge >= 0.3 is 6.09 Å². The van der Waals surface area contributed by atoms with Crippen LogP contribution in [0.15, 0.2) is 18.2 Å². The lowest BCUT2D eigenvalue weighted by Gasteiger charge is -2.41. The Morgan fingerprint density at radius 1 is 1.40 bits per heavy atom. The van der Waals surface area contributed by atoms with Gasteiger partial charge < -0.3 is 14.9 Å². The summed E-state index contributed by atoms with van der Waals surface area (Å²) < 4.78 is 31.5. The molecule has 1 aliphatic rings. The molecule has 0 saturated carbocycles. The van der Waals surface area contributed by atoms with Gasteiger partial charge in [-0.3, -0.25) is 4.90 Å². The first kappa shape index (κ1) is 14.7. The van der Waals surface area contributed by atoms with Gasteiger partial charge in [0.1, 0.15) is 0 Å². The van der Waals surface area contributed by atoms with Crippen LogP contribution in [0.2, 0.25) is 0 Å². The minimum absolute atomic E-state index is 0.0284. The lowest BCUT2D eigenvalue weighted by molar-refractivity contribution is -0.0746. The minimum Gasteiger partial charge on any atom is -0.465 e. The number of hydrogen-bond donors (Lipinski definition) is 2. The molecule has 1 aliphatic heterocycles. The number of hydrogen-bond acceptors (Lipinski definition) is 3. The van der Waals surface area contributed by atoms with Crippen molar-refractivity contribution in [3.8, 4) is 0 Å². The van der Waals surface area contributed by atoms with Gasteiger partial charge in [-0.25, -0.2) is 13.6 Å². The molecule has 20 heavy (non-hydrogen) atoms. The highest BCUT2D eigenvalue weighted by Crippen LogP contribution is 2.29. The Bertz CT molecular complexity index is 509. The number of halogens is 2. The van der Waals surface area contributed by atoms with Crippen LogP contribution in [-0.2, 0) is 4.74 Å². The molecule has 3 atom stereocenters. The van der Waals surface area contributed by atoms with Crippen molar-refractivity contribution >= 4 is 6.09 Å². The molecule has 0 bridgehead atoms. The molecule has 5 nitrogen and oxygen atoms in total. The molecular weight excluding hydrogens is 272 g/mol. The van der Waals surface area contributed by atoms with Crippen LogP contribution >= 0.6 is 0 Å². The number of morpholine rings is 1. The molecule has 1 amide bonds. The van der Waals surface area contributed by atoms with Crippen molar-refractivity contribution in [3.63, 3.8) is 0 Å². The highest BCUT2D eigenvalue weighted by atomic mass is 19.2. The van der Waals surface area contributed by atoms with Crippen molar-refractivity contribution in [1.29, 1.82) is 0 Å². The highest BCUT2D eigenvalue weighted by Gasteiger charge is 2.38. The number of rotatable bonds is 2. The van der Waals surface area contributed by atoms with Crippen molar-refractivity contribution in [2.45, 2.75) is 25.1 Å². The molecule has 1 aromatic rings. The zero-order valence-electron chi connectivity index (χ0n) is 10.8. The normalized spacial score (nSPS) is 24.5. The molecule has 0 aromatic heterocycles. The van der Waals surface area contributed by atoms with E-state index in [-0.39, 0.29) is 18.8 Å². The van der Waals surface area contributed by atoms with Crippen molar-refractivity contribution in [2.24, 2.45) is 0 Å². The maximum absolute atomic E-state index is 13.3. The topological polar surface area (TPSA) is 70.0 Å². The predicted octanol–water partition coefficient (Wildman–Crippen LogP) is 1.77. The van der Waals surface area contributed by atoms with Crippen molar-refractivity contribution in [2.75, 3.05) is 13.2 Å². The maximum atomic E-state index is 13.3. The summed E-state index contributed by atoms with van der Waals surface area (Å²) in [4.78, 5) is 12.4. The number of nitrogens with zero attached hydrogens (tertiary/aromatic N) is 1. The van der Waals surface area contributed by atoms with E-state index in [2.05, 4.69) is 0 Å². The molecular formula is C13H15F2NO4. The number of carboxylic acid groups (broad SMARTS) is 1. The Balaban J connectivity index is 2.36. The van der Waals surface area contributed by atoms with E-state index < -0.39 is 35.9 Å². The van der Waals surface area contributed by atoms with Gasteiger partial charge in [-0.05, 0) is 24.6 Å². The highest BCUT2D eigenvalue weighted by molar-refractivity contribution is 5.66. The molecule has 0 radical (unpaired) electrons. The largest absolute Gasteiger partial charge is 0.465 e. The number of ether oxygens (including phenoxy) is 1. The van der Waals surface area contributed by atoms with E-state index in [1.54, 1.807) is 0 Å². The Morgan fingerprint density at radius 3 is 2.65 bits per heavy atom. The molecule has 110 valence electrons. The molecule has 0 spiro atoms. The van der Waals surface area contributed by atoms with Gasteiger partial charge in [-0.2, -0.15) is 0 Å². The molecule has 1 aromatic carbocycles. The lowest BCUT2D eigenvalue weighted by Crippen LogP contribution is -2.54. The molecule has 0 aliphatic carbocycles. The van der Waals surface area contributed by atoms with Crippen LogP contribution in [0.3, 0.4) is 0 Å². The lowest BCUT2D eigenvalue weighted by atomic mass is 10.0. The number of aliphatic hydroxyl groups excluding tert-OH is 1. The second kappa shape index (κ2) is 5.72. The SMILES string of the molecule is CC(O)[C@H]1COC[C@@H](c2ccc(F)c(F)c2)N1C(=O)O. The summed E-state index contributed by atoms with van der Waals surface area (Å²) in [5, 5.41) is 18.9. The van der Waals surface area contributed by atoms with E-state index in [0.717, 1.165) is 17.0 Å². The number of aliphatic hydroxyl groups is 1. The molecule has 2 rings (SSSR count). The third-order valence-corrected chi connectivity index (χ3v) is 3.36. The summed E-state index contributed by atoms with van der Waals surface area (Å²) >= 11 is 0. The minimum atomic E-state index is -1.24. The Hall–Kier alpha value is -1.73. The second-order valence-corrected chi connectivity index (χ2v) is 4.72. The monoisotopic (exact) mass is 287 g/mol. The number of amides is 1. The number of carbonyl (C=O) groups is 1. The maximum Gasteiger partial charge on any atom is 0.408 e. The van der Waals surface area contributed by atoms with E-state index in [9.17, 15) is 23.8 Å². The van der Waals surface area contributed by atoms with Crippen LogP contribution in [-0.4, -0.2) is 46.6 Å². The second-order valence-electron chi connectivity index (χ2n) is 4.72. The van der Waals surface area contributed by atoms with Crippen LogP contribution in [0.1, 0.15) is 18.5 Å². The third-order valence-electron chi connectivity index (χ3n) is 3.36. The van der Waals surface area contributed by atoms with Crippen molar-refractivity contribution < 1.29 is 28.5 Å². The zero-order chi connectivity index (χ0) is 14.9. The summed E-state index contributed by atoms with van der Waals surface area (Å²) in [6.45, 7) is 1.54. The van der Waals surface area contributed by atoms with E-state index in [4.69, 9.17) is 4.74 Å². The molecule has 1 unspecified atom stereocenters. The average molecular weight is 287 g/mol. The Morgan fingerprint density at radius 2 is 2.10 bits per heavy atom. The summed E-state index contributed by atoms with van der Waals surface area (Å²) in [5.74, 6) is -2.05. The van der Waals surface area contributed by atoms with Gasteiger partial charge in [-0.15, -0.1) is 0 Å². The summed E-state index contributed by atoms with van der Waals surface area (Å²) in [6.07, 6.45) is -2.17. The standard InChI is InChI=1S/C13H15F2NO4/c1-7(17)11-5-20-6-12(16(11)13(18)19)8-2-3-9(14)10(15)4-8/h2-4,7,11-12,17H,5-6H2,1H3,(H,18,19)/t7?,11-,12+/m1/s1. The van der Waals surface area contributed by atoms with E-state index in [1.165, 1.54) is 13.0 Å². The van der Waals surface area contributed by atoms with Crippen LogP contribution in [0.4, 0.5) is 13.6 Å². The third kappa shape index (κ3) is 2.73. The van der Waals surface area contributed by atoms with Gasteiger partial charge in [-0.1, -0.05) is 6.07 Å². The fourth-order valence-corrected chi connectivity index (χ4v) is 2.32. The molecule has 1 fully saturated rings. The zero-order valence-corrected chi connectivity index (χ0v) is 10.8. The first-order chi connectivity index (χ1) is 9.41. The van der Waals surface area contributed by atoms with E-state index in [1.807, 2.05) is 0 Å². The quantitative estimate of drug-likeness (QED) is 0.869. The first-order valence-electron chi connectivity index (χ1n) is 6.14. The van der Waals surface area contributed by atoms with Gasteiger partial charge in [0.25, 0.3) is 0 Å². The molecule has 1 heterocycles. The van der Waals surface area contributed by atoms with Crippen LogP contribution < -0.4 is 0 Å². The average Bonchev–Trinajstić information content (AvgIpc) is 2.40. The van der Waals surface area contributed by atoms with Crippen LogP contribution in [0.5, 0.6) is 0 Å². The summed E-state index contributed by atoms with van der Waals surface area (Å²) in [5.41, 5.74) is 0.289. The number of benzene rings is 1. The Kier molecular flexibility index (Phi) is 4.20. The van der Waals surface area contributed by atoms with Crippen LogP contribution in [0.25, 0.3) is 0 Å². The fraction of sp³-hybridized carbons (Fsp3) is 0.462. The van der Waals surface area contributed by atoms with Crippen molar-refractivity contribution in [1.82, 2.24) is 4.90 Å². The molecule has 2 N–H and O–H groups in total. The summed E-state index contributed by atoms with van der Waals surface area (Å²) in [7, 11) is 0. The van der Waals surface area contributed by atoms with Gasteiger partial charge in [0.15, 0.2) is 11.6 Å². The van der Waals surface area contributed by atoms with E-state index in [0.29, 0.717) is 0 Å². The fourth-order valence-electron chi connectivity index (χ4n) is 2.32. The Labute approximate surface area is 114 Å². The smallest absolute Gasteiger partial charge is 0.408 e. The van der Waals surface area contributed by atoms with Gasteiger partial charge in [0.05, 0.1) is 31.4 Å². The van der Waals surface area contributed by atoms with Gasteiger partial charge in [0.2, 0.25) is 0 Å². The van der Waals surface area contributed by atoms with Crippen LogP contribution in [0, 0.1) is 11.6 Å². The molecule has 1 saturated heterocycles. The van der Waals surface area contributed by atoms with E-state index >= 15 is 0 Å². The van der Waals surface area contributed by atoms with Gasteiger partial charge in [0, 0.05) is 0 Å². The predicted molar refractivity (Wildman–Crippen MR) is 65.3 cm³/mol. The summed E-state index contributed by atoms with van der Waals surface area (Å²) in [6, 6.07) is 1.67. The van der Waals surface area contributed by atoms with Crippen molar-refractivity contribution in [3.05, 3.63) is 35.4 Å². The first-order valence-corrected chi connectivity index (χ1v) is 6.14. The molecule has 7 heteroatoms.